The summed E-state index contributed by atoms with van der Waals surface area (Å²) in [4.78, 5) is 31.3. The molecule has 0 atom stereocenters. The van der Waals surface area contributed by atoms with Crippen molar-refractivity contribution < 1.29 is 9.53 Å². The highest BCUT2D eigenvalue weighted by Crippen LogP contribution is 2.23. The molecule has 1 N–H and O–H groups in total. The predicted octanol–water partition coefficient (Wildman–Crippen LogP) is 5.04. The lowest BCUT2D eigenvalue weighted by molar-refractivity contribution is 0.0741. The number of amides is 1. The molecule has 3 aromatic carbocycles. The van der Waals surface area contributed by atoms with Gasteiger partial charge in [-0.1, -0.05) is 54.6 Å². The summed E-state index contributed by atoms with van der Waals surface area (Å²) in [5, 5.41) is 0.998. The van der Waals surface area contributed by atoms with Crippen LogP contribution < -0.4 is 10.3 Å². The highest BCUT2D eigenvalue weighted by atomic mass is 16.5. The molecule has 4 aromatic rings. The molecule has 0 fully saturated rings. The number of rotatable bonds is 7. The largest absolute Gasteiger partial charge is 0.496 e. The molecule has 0 saturated heterocycles. The molecule has 5 heteroatoms. The topological polar surface area (TPSA) is 62.4 Å². The number of fused-ring (bicyclic) bond motifs is 1. The Balaban J connectivity index is 1.71. The average molecular weight is 441 g/mol. The van der Waals surface area contributed by atoms with E-state index in [2.05, 4.69) is 4.98 Å². The van der Waals surface area contributed by atoms with Crippen LogP contribution in [-0.2, 0) is 13.0 Å². The van der Waals surface area contributed by atoms with Gasteiger partial charge in [0.1, 0.15) is 5.75 Å². The van der Waals surface area contributed by atoms with Gasteiger partial charge in [0.2, 0.25) is 0 Å². The Labute approximate surface area is 193 Å². The molecule has 168 valence electrons. The first-order chi connectivity index (χ1) is 16.0. The third-order valence-corrected chi connectivity index (χ3v) is 6.02. The van der Waals surface area contributed by atoms with E-state index in [1.54, 1.807) is 24.1 Å². The number of nitrogens with one attached hydrogen (secondary N) is 1. The van der Waals surface area contributed by atoms with Crippen LogP contribution in [0.15, 0.2) is 77.6 Å². The fourth-order valence-electron chi connectivity index (χ4n) is 4.09. The number of hydrogen-bond donors (Lipinski definition) is 1. The molecule has 1 aromatic heterocycles. The summed E-state index contributed by atoms with van der Waals surface area (Å²) in [6.45, 7) is 4.69. The Bertz CT molecular complexity index is 1340. The zero-order chi connectivity index (χ0) is 23.4. The van der Waals surface area contributed by atoms with E-state index in [0.29, 0.717) is 29.8 Å². The SMILES string of the molecule is COc1ccccc1C(=O)N(CCc1ccccc1)Cc1cc2c(C)ccc(C)c2[nH]c1=O. The first kappa shape index (κ1) is 22.3. The number of ether oxygens (including phenoxy) is 1. The number of aromatic amines is 1. The number of nitrogens with zero attached hydrogens (tertiary/aromatic N) is 1. The summed E-state index contributed by atoms with van der Waals surface area (Å²) >= 11 is 0. The lowest BCUT2D eigenvalue weighted by atomic mass is 10.0. The summed E-state index contributed by atoms with van der Waals surface area (Å²) < 4.78 is 5.42. The number of hydrogen-bond acceptors (Lipinski definition) is 3. The van der Waals surface area contributed by atoms with Crippen LogP contribution in [0.4, 0.5) is 0 Å². The molecule has 0 spiro atoms. The number of carbonyl (C=O) groups excluding carboxylic acids is 1. The zero-order valence-corrected chi connectivity index (χ0v) is 19.2. The molecule has 33 heavy (non-hydrogen) atoms. The van der Waals surface area contributed by atoms with E-state index in [9.17, 15) is 9.59 Å². The maximum Gasteiger partial charge on any atom is 0.257 e. The zero-order valence-electron chi connectivity index (χ0n) is 19.2. The summed E-state index contributed by atoms with van der Waals surface area (Å²) in [6.07, 6.45) is 0.686. The molecule has 1 amide bonds. The third kappa shape index (κ3) is 4.82. The molecule has 4 rings (SSSR count). The quantitative estimate of drug-likeness (QED) is 0.438. The third-order valence-electron chi connectivity index (χ3n) is 6.02. The molecule has 0 unspecified atom stereocenters. The van der Waals surface area contributed by atoms with Gasteiger partial charge in [0.05, 0.1) is 24.7 Å². The Morgan fingerprint density at radius 1 is 0.939 bits per heavy atom. The molecule has 0 saturated carbocycles. The van der Waals surface area contributed by atoms with Crippen molar-refractivity contribution in [2.24, 2.45) is 0 Å². The number of aromatic nitrogens is 1. The molecule has 0 aliphatic carbocycles. The molecule has 5 nitrogen and oxygen atoms in total. The van der Waals surface area contributed by atoms with E-state index < -0.39 is 0 Å². The van der Waals surface area contributed by atoms with Gasteiger partial charge < -0.3 is 14.6 Å². The van der Waals surface area contributed by atoms with Gasteiger partial charge in [-0.2, -0.15) is 0 Å². The lowest BCUT2D eigenvalue weighted by Gasteiger charge is -2.24. The summed E-state index contributed by atoms with van der Waals surface area (Å²) in [5.41, 5.74) is 4.95. The van der Waals surface area contributed by atoms with Crippen LogP contribution in [0.2, 0.25) is 0 Å². The first-order valence-corrected chi connectivity index (χ1v) is 11.1. The van der Waals surface area contributed by atoms with Crippen LogP contribution in [0.3, 0.4) is 0 Å². The van der Waals surface area contributed by atoms with Gasteiger partial charge in [0.15, 0.2) is 0 Å². The molecule has 0 aliphatic heterocycles. The van der Waals surface area contributed by atoms with E-state index in [1.165, 1.54) is 0 Å². The number of carbonyl (C=O) groups is 1. The van der Waals surface area contributed by atoms with E-state index in [-0.39, 0.29) is 18.0 Å². The van der Waals surface area contributed by atoms with E-state index in [1.807, 2.05) is 74.5 Å². The van der Waals surface area contributed by atoms with Crippen molar-refractivity contribution in [3.63, 3.8) is 0 Å². The second-order valence-electron chi connectivity index (χ2n) is 8.27. The maximum atomic E-state index is 13.6. The lowest BCUT2D eigenvalue weighted by Crippen LogP contribution is -2.34. The van der Waals surface area contributed by atoms with E-state index in [0.717, 1.165) is 27.6 Å². The number of pyridine rings is 1. The van der Waals surface area contributed by atoms with Crippen molar-refractivity contribution in [3.8, 4) is 5.75 Å². The molecule has 1 heterocycles. The molecular weight excluding hydrogens is 412 g/mol. The maximum absolute atomic E-state index is 13.6. The van der Waals surface area contributed by atoms with Gasteiger partial charge >= 0.3 is 0 Å². The number of methoxy groups -OCH3 is 1. The van der Waals surface area contributed by atoms with E-state index in [4.69, 9.17) is 4.74 Å². The predicted molar refractivity (Wildman–Crippen MR) is 132 cm³/mol. The van der Waals surface area contributed by atoms with Crippen molar-refractivity contribution in [1.82, 2.24) is 9.88 Å². The van der Waals surface area contributed by atoms with E-state index >= 15 is 0 Å². The number of H-pyrrole nitrogens is 1. The van der Waals surface area contributed by atoms with Crippen molar-refractivity contribution in [1.29, 1.82) is 0 Å². The van der Waals surface area contributed by atoms with Crippen LogP contribution in [0.1, 0.15) is 32.6 Å². The van der Waals surface area contributed by atoms with Gasteiger partial charge in [0, 0.05) is 17.5 Å². The second kappa shape index (κ2) is 9.74. The van der Waals surface area contributed by atoms with Crippen molar-refractivity contribution >= 4 is 16.8 Å². The van der Waals surface area contributed by atoms with Crippen LogP contribution >= 0.6 is 0 Å². The van der Waals surface area contributed by atoms with Crippen molar-refractivity contribution in [2.75, 3.05) is 13.7 Å². The average Bonchev–Trinajstić information content (AvgIpc) is 2.85. The fourth-order valence-corrected chi connectivity index (χ4v) is 4.09. The van der Waals surface area contributed by atoms with Crippen LogP contribution in [-0.4, -0.2) is 29.4 Å². The Kier molecular flexibility index (Phi) is 6.59. The normalized spacial score (nSPS) is 10.9. The minimum atomic E-state index is -0.172. The number of para-hydroxylation sites is 1. The van der Waals surface area contributed by atoms with Gasteiger partial charge in [-0.25, -0.2) is 0 Å². The molecular formula is C28H28N2O3. The molecule has 0 radical (unpaired) electrons. The summed E-state index contributed by atoms with van der Waals surface area (Å²) in [5.74, 6) is 0.356. The number of aryl methyl sites for hydroxylation is 2. The molecule has 0 bridgehead atoms. The Morgan fingerprint density at radius 2 is 1.64 bits per heavy atom. The Hall–Kier alpha value is -3.86. The fraction of sp³-hybridized carbons (Fsp3) is 0.214. The van der Waals surface area contributed by atoms with Gasteiger partial charge in [-0.05, 0) is 55.2 Å². The van der Waals surface area contributed by atoms with Gasteiger partial charge in [0.25, 0.3) is 11.5 Å². The molecule has 0 aliphatic rings. The van der Waals surface area contributed by atoms with Crippen LogP contribution in [0, 0.1) is 13.8 Å². The monoisotopic (exact) mass is 440 g/mol. The van der Waals surface area contributed by atoms with Crippen LogP contribution in [0.25, 0.3) is 10.9 Å². The smallest absolute Gasteiger partial charge is 0.257 e. The summed E-state index contributed by atoms with van der Waals surface area (Å²) in [6, 6.07) is 23.2. The van der Waals surface area contributed by atoms with Crippen LogP contribution in [0.5, 0.6) is 5.75 Å². The van der Waals surface area contributed by atoms with Gasteiger partial charge in [-0.15, -0.1) is 0 Å². The highest BCUT2D eigenvalue weighted by molar-refractivity contribution is 5.97. The minimum absolute atomic E-state index is 0.163. The number of benzene rings is 3. The van der Waals surface area contributed by atoms with Gasteiger partial charge in [-0.3, -0.25) is 9.59 Å². The van der Waals surface area contributed by atoms with Crippen molar-refractivity contribution in [3.05, 3.63) is 111 Å². The Morgan fingerprint density at radius 3 is 2.39 bits per heavy atom. The minimum Gasteiger partial charge on any atom is -0.496 e. The second-order valence-corrected chi connectivity index (χ2v) is 8.27. The van der Waals surface area contributed by atoms with Crippen molar-refractivity contribution in [2.45, 2.75) is 26.8 Å². The standard InChI is InChI=1S/C28H28N2O3/c1-19-13-14-20(2)26-24(19)17-22(27(31)29-26)18-30(16-15-21-9-5-4-6-10-21)28(32)23-11-7-8-12-25(23)33-3/h4-14,17H,15-16,18H2,1-3H3,(H,29,31). The first-order valence-electron chi connectivity index (χ1n) is 11.1. The summed E-state index contributed by atoms with van der Waals surface area (Å²) in [7, 11) is 1.56. The highest BCUT2D eigenvalue weighted by Gasteiger charge is 2.21.